The Morgan fingerprint density at radius 1 is 0.625 bits per heavy atom. The predicted molar refractivity (Wildman–Crippen MR) is 103 cm³/mol. The molecule has 118 valence electrons. The highest BCUT2D eigenvalue weighted by molar-refractivity contribution is 8.76. The molecule has 0 aliphatic carbocycles. The fourth-order valence-electron chi connectivity index (χ4n) is 2.69. The van der Waals surface area contributed by atoms with Gasteiger partial charge in [-0.1, -0.05) is 58.0 Å². The molecule has 0 spiro atoms. The number of rotatable bonds is 3. The van der Waals surface area contributed by atoms with Crippen LogP contribution in [0.15, 0.2) is 82.6 Å². The number of fused-ring (bicyclic) bond motifs is 2. The first kappa shape index (κ1) is 15.2. The lowest BCUT2D eigenvalue weighted by Gasteiger charge is -2.07. The third-order valence-corrected chi connectivity index (χ3v) is 6.31. The third kappa shape index (κ3) is 2.90. The van der Waals surface area contributed by atoms with Crippen molar-refractivity contribution in [1.29, 1.82) is 0 Å². The molecule has 4 rings (SSSR count). The fourth-order valence-corrected chi connectivity index (χ4v) is 4.88. The molecule has 0 saturated carbocycles. The van der Waals surface area contributed by atoms with Crippen molar-refractivity contribution in [1.82, 2.24) is 0 Å². The minimum atomic E-state index is 0.285. The molecule has 0 radical (unpaired) electrons. The van der Waals surface area contributed by atoms with Gasteiger partial charge < -0.3 is 10.2 Å². The molecule has 0 atom stereocenters. The van der Waals surface area contributed by atoms with E-state index in [2.05, 4.69) is 18.2 Å². The van der Waals surface area contributed by atoms with Gasteiger partial charge in [0.1, 0.15) is 11.5 Å². The summed E-state index contributed by atoms with van der Waals surface area (Å²) in [7, 11) is 3.37. The van der Waals surface area contributed by atoms with Crippen molar-refractivity contribution in [3.05, 3.63) is 72.8 Å². The number of benzene rings is 4. The zero-order valence-electron chi connectivity index (χ0n) is 12.6. The topological polar surface area (TPSA) is 40.5 Å². The standard InChI is InChI=1S/C20H14O2S2/c21-15-9-7-14-12-16(10-8-13(14)11-15)23-24-20-6-2-3-17-18(20)4-1-5-19(17)22/h1-12,21-22H. The minimum Gasteiger partial charge on any atom is -0.508 e. The van der Waals surface area contributed by atoms with Crippen LogP contribution in [-0.2, 0) is 0 Å². The second-order valence-corrected chi connectivity index (χ2v) is 7.73. The van der Waals surface area contributed by atoms with Gasteiger partial charge in [0, 0.05) is 15.2 Å². The van der Waals surface area contributed by atoms with Crippen LogP contribution in [0.3, 0.4) is 0 Å². The number of hydrogen-bond acceptors (Lipinski definition) is 4. The summed E-state index contributed by atoms with van der Waals surface area (Å²) in [6.07, 6.45) is 0. The van der Waals surface area contributed by atoms with Crippen molar-refractivity contribution in [2.75, 3.05) is 0 Å². The second kappa shape index (κ2) is 6.30. The van der Waals surface area contributed by atoms with Crippen molar-refractivity contribution in [3.63, 3.8) is 0 Å². The van der Waals surface area contributed by atoms with E-state index in [4.69, 9.17) is 0 Å². The van der Waals surface area contributed by atoms with E-state index in [0.717, 1.165) is 31.3 Å². The summed E-state index contributed by atoms with van der Waals surface area (Å²) in [6.45, 7) is 0. The molecule has 0 heterocycles. The first-order chi connectivity index (χ1) is 11.7. The molecule has 2 nitrogen and oxygen atoms in total. The number of phenols is 2. The predicted octanol–water partition coefficient (Wildman–Crippen LogP) is 6.20. The molecular weight excluding hydrogens is 336 g/mol. The van der Waals surface area contributed by atoms with Crippen LogP contribution in [0.1, 0.15) is 0 Å². The Kier molecular flexibility index (Phi) is 4.00. The van der Waals surface area contributed by atoms with Gasteiger partial charge in [-0.05, 0) is 52.6 Å². The molecule has 0 aromatic heterocycles. The third-order valence-electron chi connectivity index (χ3n) is 3.88. The average molecular weight is 350 g/mol. The Bertz CT molecular complexity index is 1040. The first-order valence-corrected chi connectivity index (χ1v) is 9.64. The van der Waals surface area contributed by atoms with E-state index in [0.29, 0.717) is 5.75 Å². The molecule has 0 amide bonds. The van der Waals surface area contributed by atoms with E-state index < -0.39 is 0 Å². The average Bonchev–Trinajstić information content (AvgIpc) is 2.60. The Balaban J connectivity index is 1.63. The first-order valence-electron chi connectivity index (χ1n) is 7.49. The van der Waals surface area contributed by atoms with Gasteiger partial charge in [-0.15, -0.1) is 0 Å². The van der Waals surface area contributed by atoms with E-state index in [1.165, 1.54) is 0 Å². The summed E-state index contributed by atoms with van der Waals surface area (Å²) in [4.78, 5) is 2.27. The van der Waals surface area contributed by atoms with Crippen molar-refractivity contribution >= 4 is 43.1 Å². The summed E-state index contributed by atoms with van der Waals surface area (Å²) in [6, 6.07) is 23.2. The van der Waals surface area contributed by atoms with E-state index >= 15 is 0 Å². The van der Waals surface area contributed by atoms with Gasteiger partial charge in [0.25, 0.3) is 0 Å². The number of aromatic hydroxyl groups is 2. The number of phenolic OH excluding ortho intramolecular Hbond substituents is 2. The van der Waals surface area contributed by atoms with Gasteiger partial charge in [0.2, 0.25) is 0 Å². The molecule has 0 bridgehead atoms. The monoisotopic (exact) mass is 350 g/mol. The molecule has 0 aliphatic rings. The molecule has 4 heteroatoms. The summed E-state index contributed by atoms with van der Waals surface area (Å²) >= 11 is 0. The fraction of sp³-hybridized carbons (Fsp3) is 0. The van der Waals surface area contributed by atoms with Gasteiger partial charge in [-0.25, -0.2) is 0 Å². The van der Waals surface area contributed by atoms with Crippen molar-refractivity contribution in [2.45, 2.75) is 9.79 Å². The molecule has 0 unspecified atom stereocenters. The quantitative estimate of drug-likeness (QED) is 0.431. The van der Waals surface area contributed by atoms with Gasteiger partial charge >= 0.3 is 0 Å². The molecule has 24 heavy (non-hydrogen) atoms. The number of hydrogen-bond donors (Lipinski definition) is 2. The summed E-state index contributed by atoms with van der Waals surface area (Å²) < 4.78 is 0. The van der Waals surface area contributed by atoms with Crippen LogP contribution in [-0.4, -0.2) is 10.2 Å². The van der Waals surface area contributed by atoms with Crippen LogP contribution in [0.4, 0.5) is 0 Å². The SMILES string of the molecule is Oc1ccc2cc(SSc3cccc4c(O)cccc34)ccc2c1. The Morgan fingerprint density at radius 2 is 1.38 bits per heavy atom. The zero-order chi connectivity index (χ0) is 16.5. The second-order valence-electron chi connectivity index (χ2n) is 5.49. The van der Waals surface area contributed by atoms with E-state index in [-0.39, 0.29) is 5.75 Å². The maximum atomic E-state index is 9.99. The molecule has 2 N–H and O–H groups in total. The van der Waals surface area contributed by atoms with Crippen LogP contribution in [0.25, 0.3) is 21.5 Å². The molecule has 0 saturated heterocycles. The molecular formula is C20H14O2S2. The lowest BCUT2D eigenvalue weighted by atomic mass is 10.1. The van der Waals surface area contributed by atoms with Crippen LogP contribution >= 0.6 is 21.6 Å². The minimum absolute atomic E-state index is 0.285. The van der Waals surface area contributed by atoms with Crippen molar-refractivity contribution < 1.29 is 10.2 Å². The Morgan fingerprint density at radius 3 is 2.29 bits per heavy atom. The Hall–Kier alpha value is -2.30. The Labute approximate surface area is 147 Å². The highest BCUT2D eigenvalue weighted by atomic mass is 33.1. The zero-order valence-corrected chi connectivity index (χ0v) is 14.3. The summed E-state index contributed by atoms with van der Waals surface area (Å²) in [5.41, 5.74) is 0. The lowest BCUT2D eigenvalue weighted by Crippen LogP contribution is -1.78. The van der Waals surface area contributed by atoms with Crippen molar-refractivity contribution in [3.8, 4) is 11.5 Å². The van der Waals surface area contributed by atoms with E-state index in [9.17, 15) is 10.2 Å². The van der Waals surface area contributed by atoms with E-state index in [1.807, 2.05) is 36.4 Å². The van der Waals surface area contributed by atoms with E-state index in [1.54, 1.807) is 39.8 Å². The lowest BCUT2D eigenvalue weighted by molar-refractivity contribution is 0.476. The van der Waals surface area contributed by atoms with Gasteiger partial charge in [-0.2, -0.15) is 0 Å². The molecule has 0 aliphatic heterocycles. The molecule has 4 aromatic carbocycles. The van der Waals surface area contributed by atoms with Crippen LogP contribution in [0.2, 0.25) is 0 Å². The van der Waals surface area contributed by atoms with Crippen LogP contribution in [0, 0.1) is 0 Å². The summed E-state index contributed by atoms with van der Waals surface area (Å²) in [5.74, 6) is 0.596. The maximum absolute atomic E-state index is 9.99. The van der Waals surface area contributed by atoms with Crippen LogP contribution < -0.4 is 0 Å². The maximum Gasteiger partial charge on any atom is 0.123 e. The highest BCUT2D eigenvalue weighted by Crippen LogP contribution is 2.42. The van der Waals surface area contributed by atoms with Crippen molar-refractivity contribution in [2.24, 2.45) is 0 Å². The van der Waals surface area contributed by atoms with Gasteiger partial charge in [0.05, 0.1) is 0 Å². The van der Waals surface area contributed by atoms with Gasteiger partial charge in [0.15, 0.2) is 0 Å². The van der Waals surface area contributed by atoms with Gasteiger partial charge in [-0.3, -0.25) is 0 Å². The molecule has 4 aromatic rings. The summed E-state index contributed by atoms with van der Waals surface area (Å²) in [5, 5.41) is 23.6. The molecule has 0 fully saturated rings. The van der Waals surface area contributed by atoms with Crippen LogP contribution in [0.5, 0.6) is 11.5 Å². The smallest absolute Gasteiger partial charge is 0.123 e. The highest BCUT2D eigenvalue weighted by Gasteiger charge is 2.06. The normalized spacial score (nSPS) is 11.2. The largest absolute Gasteiger partial charge is 0.508 e.